The van der Waals surface area contributed by atoms with Gasteiger partial charge in [-0.15, -0.1) is 0 Å². The van der Waals surface area contributed by atoms with E-state index < -0.39 is 0 Å². The third kappa shape index (κ3) is 3.03. The predicted molar refractivity (Wildman–Crippen MR) is 98.2 cm³/mol. The van der Waals surface area contributed by atoms with Gasteiger partial charge in [-0.2, -0.15) is 0 Å². The average molecular weight is 322 g/mol. The highest BCUT2D eigenvalue weighted by molar-refractivity contribution is 5.98. The third-order valence-electron chi connectivity index (χ3n) is 5.39. The summed E-state index contributed by atoms with van der Waals surface area (Å²) in [7, 11) is 0. The normalized spacial score (nSPS) is 20.4. The van der Waals surface area contributed by atoms with E-state index in [1.807, 2.05) is 6.20 Å². The smallest absolute Gasteiger partial charge is 0.105 e. The standard InChI is InChI=1S/C20H26N4/c1-15-6-7-18-17(13-15)14-19(22-18)20-5-3-9-24(20)11-4-10-23-12-8-21-16(23)2/h6-8,12-13,20H,3-5,9-11,14H2,1-2H3. The number of fused-ring (bicyclic) bond motifs is 1. The molecule has 4 nitrogen and oxygen atoms in total. The lowest BCUT2D eigenvalue weighted by atomic mass is 10.0. The molecule has 1 aromatic carbocycles. The number of hydrogen-bond acceptors (Lipinski definition) is 3. The van der Waals surface area contributed by atoms with Crippen molar-refractivity contribution in [1.82, 2.24) is 14.5 Å². The van der Waals surface area contributed by atoms with Gasteiger partial charge in [0.1, 0.15) is 5.82 Å². The fourth-order valence-corrected chi connectivity index (χ4v) is 4.10. The zero-order chi connectivity index (χ0) is 16.5. The number of benzene rings is 1. The van der Waals surface area contributed by atoms with Crippen molar-refractivity contribution in [3.63, 3.8) is 0 Å². The number of imidazole rings is 1. The molecule has 1 fully saturated rings. The van der Waals surface area contributed by atoms with E-state index in [1.54, 1.807) is 0 Å². The number of likely N-dealkylation sites (tertiary alicyclic amines) is 1. The van der Waals surface area contributed by atoms with Crippen LogP contribution in [0.15, 0.2) is 35.6 Å². The van der Waals surface area contributed by atoms with Crippen molar-refractivity contribution in [2.45, 2.75) is 52.1 Å². The monoisotopic (exact) mass is 322 g/mol. The molecule has 1 aromatic heterocycles. The summed E-state index contributed by atoms with van der Waals surface area (Å²) in [6.07, 6.45) is 8.74. The minimum atomic E-state index is 0.543. The molecule has 4 rings (SSSR count). The molecule has 0 spiro atoms. The molecule has 24 heavy (non-hydrogen) atoms. The number of aromatic nitrogens is 2. The van der Waals surface area contributed by atoms with E-state index in [1.165, 1.54) is 48.3 Å². The summed E-state index contributed by atoms with van der Waals surface area (Å²) < 4.78 is 2.25. The van der Waals surface area contributed by atoms with E-state index in [4.69, 9.17) is 4.99 Å². The number of aliphatic imine (C=N–C) groups is 1. The lowest BCUT2D eigenvalue weighted by Crippen LogP contribution is -2.37. The van der Waals surface area contributed by atoms with Crippen LogP contribution in [0.3, 0.4) is 0 Å². The Balaban J connectivity index is 1.38. The quantitative estimate of drug-likeness (QED) is 0.841. The van der Waals surface area contributed by atoms with Crippen LogP contribution in [0.4, 0.5) is 5.69 Å². The Kier molecular flexibility index (Phi) is 4.23. The lowest BCUT2D eigenvalue weighted by molar-refractivity contribution is 0.290. The van der Waals surface area contributed by atoms with Crippen molar-refractivity contribution in [3.05, 3.63) is 47.5 Å². The van der Waals surface area contributed by atoms with Crippen LogP contribution >= 0.6 is 0 Å². The highest BCUT2D eigenvalue weighted by Crippen LogP contribution is 2.32. The molecule has 2 aliphatic heterocycles. The summed E-state index contributed by atoms with van der Waals surface area (Å²) in [5.41, 5.74) is 5.32. The van der Waals surface area contributed by atoms with Gasteiger partial charge in [0, 0.05) is 43.7 Å². The fraction of sp³-hybridized carbons (Fsp3) is 0.500. The maximum Gasteiger partial charge on any atom is 0.105 e. The van der Waals surface area contributed by atoms with Gasteiger partial charge in [-0.05, 0) is 51.3 Å². The van der Waals surface area contributed by atoms with Gasteiger partial charge in [-0.3, -0.25) is 9.89 Å². The molecule has 1 unspecified atom stereocenters. The topological polar surface area (TPSA) is 33.4 Å². The van der Waals surface area contributed by atoms with Crippen LogP contribution in [0, 0.1) is 13.8 Å². The van der Waals surface area contributed by atoms with Gasteiger partial charge in [0.25, 0.3) is 0 Å². The van der Waals surface area contributed by atoms with Gasteiger partial charge in [0.15, 0.2) is 0 Å². The van der Waals surface area contributed by atoms with Gasteiger partial charge < -0.3 is 4.57 Å². The molecule has 1 atom stereocenters. The molecule has 0 N–H and O–H groups in total. The van der Waals surface area contributed by atoms with Gasteiger partial charge in [0.2, 0.25) is 0 Å². The van der Waals surface area contributed by atoms with Gasteiger partial charge >= 0.3 is 0 Å². The van der Waals surface area contributed by atoms with Crippen molar-refractivity contribution in [2.24, 2.45) is 4.99 Å². The Labute approximate surface area is 144 Å². The van der Waals surface area contributed by atoms with Crippen LogP contribution in [0.5, 0.6) is 0 Å². The van der Waals surface area contributed by atoms with E-state index in [9.17, 15) is 0 Å². The Morgan fingerprint density at radius 2 is 2.12 bits per heavy atom. The molecule has 2 aliphatic rings. The molecule has 0 aliphatic carbocycles. The van der Waals surface area contributed by atoms with Crippen molar-refractivity contribution in [2.75, 3.05) is 13.1 Å². The molecule has 0 radical (unpaired) electrons. The van der Waals surface area contributed by atoms with E-state index >= 15 is 0 Å². The fourth-order valence-electron chi connectivity index (χ4n) is 4.10. The van der Waals surface area contributed by atoms with Crippen LogP contribution < -0.4 is 0 Å². The van der Waals surface area contributed by atoms with Gasteiger partial charge in [0.05, 0.1) is 5.69 Å². The Hall–Kier alpha value is -1.94. The lowest BCUT2D eigenvalue weighted by Gasteiger charge is -2.24. The summed E-state index contributed by atoms with van der Waals surface area (Å²) in [5.74, 6) is 1.11. The first-order chi connectivity index (χ1) is 11.7. The van der Waals surface area contributed by atoms with Gasteiger partial charge in [-0.1, -0.05) is 17.7 Å². The summed E-state index contributed by atoms with van der Waals surface area (Å²) in [6.45, 7) is 7.66. The average Bonchev–Trinajstić information content (AvgIpc) is 3.27. The highest BCUT2D eigenvalue weighted by atomic mass is 15.2. The predicted octanol–water partition coefficient (Wildman–Crippen LogP) is 3.68. The zero-order valence-electron chi connectivity index (χ0n) is 14.7. The van der Waals surface area contributed by atoms with E-state index in [-0.39, 0.29) is 0 Å². The largest absolute Gasteiger partial charge is 0.335 e. The molecule has 2 aromatic rings. The maximum atomic E-state index is 4.96. The second kappa shape index (κ2) is 6.52. The molecule has 3 heterocycles. The number of nitrogens with zero attached hydrogens (tertiary/aromatic N) is 4. The van der Waals surface area contributed by atoms with E-state index in [0.717, 1.165) is 25.3 Å². The van der Waals surface area contributed by atoms with Crippen molar-refractivity contribution < 1.29 is 0 Å². The van der Waals surface area contributed by atoms with Crippen LogP contribution in [-0.4, -0.2) is 39.3 Å². The molecule has 0 amide bonds. The molecular formula is C20H26N4. The first-order valence-corrected chi connectivity index (χ1v) is 9.09. The molecule has 0 bridgehead atoms. The Morgan fingerprint density at radius 1 is 1.21 bits per heavy atom. The van der Waals surface area contributed by atoms with Crippen LogP contribution in [0.25, 0.3) is 0 Å². The summed E-state index contributed by atoms with van der Waals surface area (Å²) >= 11 is 0. The summed E-state index contributed by atoms with van der Waals surface area (Å²) in [4.78, 5) is 11.9. The Bertz CT molecular complexity index is 759. The van der Waals surface area contributed by atoms with Crippen molar-refractivity contribution in [1.29, 1.82) is 0 Å². The van der Waals surface area contributed by atoms with Crippen LogP contribution in [-0.2, 0) is 13.0 Å². The minimum absolute atomic E-state index is 0.543. The maximum absolute atomic E-state index is 4.96. The number of hydrogen-bond donors (Lipinski definition) is 0. The third-order valence-corrected chi connectivity index (χ3v) is 5.39. The summed E-state index contributed by atoms with van der Waals surface area (Å²) in [6, 6.07) is 7.19. The second-order valence-corrected chi connectivity index (χ2v) is 7.13. The molecule has 1 saturated heterocycles. The molecule has 4 heteroatoms. The molecule has 0 saturated carbocycles. The van der Waals surface area contributed by atoms with Crippen molar-refractivity contribution >= 4 is 11.4 Å². The number of aryl methyl sites for hydroxylation is 3. The number of rotatable bonds is 5. The van der Waals surface area contributed by atoms with Gasteiger partial charge in [-0.25, -0.2) is 4.98 Å². The minimum Gasteiger partial charge on any atom is -0.335 e. The van der Waals surface area contributed by atoms with Crippen LogP contribution in [0.2, 0.25) is 0 Å². The summed E-state index contributed by atoms with van der Waals surface area (Å²) in [5, 5.41) is 0. The second-order valence-electron chi connectivity index (χ2n) is 7.13. The first-order valence-electron chi connectivity index (χ1n) is 9.09. The van der Waals surface area contributed by atoms with E-state index in [2.05, 4.69) is 52.7 Å². The van der Waals surface area contributed by atoms with Crippen molar-refractivity contribution in [3.8, 4) is 0 Å². The molecular weight excluding hydrogens is 296 g/mol. The highest BCUT2D eigenvalue weighted by Gasteiger charge is 2.31. The SMILES string of the molecule is Cc1ccc2c(c1)CC(C1CCCN1CCCn1ccnc1C)=N2. The van der Waals surface area contributed by atoms with Crippen LogP contribution in [0.1, 0.15) is 36.2 Å². The zero-order valence-corrected chi connectivity index (χ0v) is 14.7. The van der Waals surface area contributed by atoms with E-state index in [0.29, 0.717) is 6.04 Å². The molecule has 126 valence electrons. The first kappa shape index (κ1) is 15.6. The Morgan fingerprint density at radius 3 is 2.96 bits per heavy atom.